The van der Waals surface area contributed by atoms with Gasteiger partial charge in [-0.15, -0.1) is 0 Å². The number of nitrogens with zero attached hydrogens (tertiary/aromatic N) is 1. The lowest BCUT2D eigenvalue weighted by Gasteiger charge is -2.27. The summed E-state index contributed by atoms with van der Waals surface area (Å²) in [4.78, 5) is 35.0. The zero-order valence-corrected chi connectivity index (χ0v) is 15.9. The Hall–Kier alpha value is -2.93. The van der Waals surface area contributed by atoms with Crippen LogP contribution in [-0.2, 0) is 16.0 Å². The fourth-order valence-corrected chi connectivity index (χ4v) is 3.44. The average Bonchev–Trinajstić information content (AvgIpc) is 2.68. The molecule has 1 aliphatic carbocycles. The number of nitrogens with one attached hydrogen (secondary N) is 1. The largest absolute Gasteiger partial charge is 0.449 e. The van der Waals surface area contributed by atoms with Gasteiger partial charge in [0.1, 0.15) is 5.02 Å². The molecule has 0 saturated carbocycles. The van der Waals surface area contributed by atoms with Crippen LogP contribution < -0.4 is 5.32 Å². The molecule has 0 bridgehead atoms. The molecule has 0 fully saturated rings. The van der Waals surface area contributed by atoms with Crippen molar-refractivity contribution >= 4 is 29.2 Å². The third-order valence-corrected chi connectivity index (χ3v) is 5.04. The molecular formula is C20H19ClN2O5. The molecule has 0 saturated heterocycles. The molecule has 1 aliphatic rings. The molecule has 2 aromatic carbocycles. The molecule has 28 heavy (non-hydrogen) atoms. The SMILES string of the molecule is C[C@@H](OC(=O)c1ccc(Cl)c([N+](=O)[O-])c1)C(=O)N[C@H]1CCCc2ccccc21. The quantitative estimate of drug-likeness (QED) is 0.463. The zero-order chi connectivity index (χ0) is 20.3. The second-order valence-corrected chi connectivity index (χ2v) is 7.03. The Morgan fingerprint density at radius 1 is 1.29 bits per heavy atom. The molecule has 0 spiro atoms. The molecule has 1 amide bonds. The molecule has 2 atom stereocenters. The van der Waals surface area contributed by atoms with Gasteiger partial charge in [-0.1, -0.05) is 35.9 Å². The second-order valence-electron chi connectivity index (χ2n) is 6.62. The summed E-state index contributed by atoms with van der Waals surface area (Å²) in [7, 11) is 0. The number of nitro benzene ring substituents is 1. The van der Waals surface area contributed by atoms with Gasteiger partial charge in [0, 0.05) is 6.07 Å². The minimum absolute atomic E-state index is 0.0428. The lowest BCUT2D eigenvalue weighted by Crippen LogP contribution is -2.39. The van der Waals surface area contributed by atoms with Crippen LogP contribution in [0.2, 0.25) is 5.02 Å². The van der Waals surface area contributed by atoms with Crippen LogP contribution in [0.25, 0.3) is 0 Å². The van der Waals surface area contributed by atoms with Crippen molar-refractivity contribution < 1.29 is 19.2 Å². The van der Waals surface area contributed by atoms with Gasteiger partial charge in [-0.3, -0.25) is 14.9 Å². The summed E-state index contributed by atoms with van der Waals surface area (Å²) in [6.45, 7) is 1.46. The van der Waals surface area contributed by atoms with Crippen molar-refractivity contribution in [3.05, 3.63) is 74.3 Å². The molecular weight excluding hydrogens is 384 g/mol. The number of halogens is 1. The maximum atomic E-state index is 12.5. The number of carbonyl (C=O) groups is 2. The second kappa shape index (κ2) is 8.39. The van der Waals surface area contributed by atoms with Gasteiger partial charge in [0.2, 0.25) is 0 Å². The van der Waals surface area contributed by atoms with E-state index in [4.69, 9.17) is 16.3 Å². The van der Waals surface area contributed by atoms with Gasteiger partial charge < -0.3 is 10.1 Å². The van der Waals surface area contributed by atoms with E-state index in [1.807, 2.05) is 24.3 Å². The van der Waals surface area contributed by atoms with Crippen LogP contribution >= 0.6 is 11.6 Å². The summed E-state index contributed by atoms with van der Waals surface area (Å²) >= 11 is 5.74. The molecule has 0 unspecified atom stereocenters. The fourth-order valence-electron chi connectivity index (χ4n) is 3.25. The number of carbonyl (C=O) groups excluding carboxylic acids is 2. The van der Waals surface area contributed by atoms with Gasteiger partial charge in [0.15, 0.2) is 6.10 Å². The summed E-state index contributed by atoms with van der Waals surface area (Å²) in [5.41, 5.74) is 1.84. The molecule has 2 aromatic rings. The van der Waals surface area contributed by atoms with Crippen LogP contribution in [0.4, 0.5) is 5.69 Å². The number of hydrogen-bond donors (Lipinski definition) is 1. The summed E-state index contributed by atoms with van der Waals surface area (Å²) in [5, 5.41) is 13.8. The number of benzene rings is 2. The first kappa shape index (κ1) is 19.8. The summed E-state index contributed by atoms with van der Waals surface area (Å²) < 4.78 is 5.19. The molecule has 0 aromatic heterocycles. The van der Waals surface area contributed by atoms with Crippen LogP contribution in [0.5, 0.6) is 0 Å². The van der Waals surface area contributed by atoms with E-state index in [1.54, 1.807) is 0 Å². The lowest BCUT2D eigenvalue weighted by molar-refractivity contribution is -0.384. The highest BCUT2D eigenvalue weighted by atomic mass is 35.5. The molecule has 3 rings (SSSR count). The Kier molecular flexibility index (Phi) is 5.94. The molecule has 0 aliphatic heterocycles. The highest BCUT2D eigenvalue weighted by Gasteiger charge is 2.26. The Morgan fingerprint density at radius 2 is 2.04 bits per heavy atom. The van der Waals surface area contributed by atoms with E-state index in [0.29, 0.717) is 0 Å². The first-order valence-electron chi connectivity index (χ1n) is 8.90. The number of nitro groups is 1. The predicted molar refractivity (Wildman–Crippen MR) is 103 cm³/mol. The Balaban J connectivity index is 1.66. The van der Waals surface area contributed by atoms with Crippen molar-refractivity contribution in [3.63, 3.8) is 0 Å². The van der Waals surface area contributed by atoms with E-state index in [0.717, 1.165) is 30.9 Å². The third kappa shape index (κ3) is 4.31. The smallest absolute Gasteiger partial charge is 0.339 e. The number of aryl methyl sites for hydroxylation is 1. The first-order valence-corrected chi connectivity index (χ1v) is 9.27. The standard InChI is InChI=1S/C20H19ClN2O5/c1-12(28-20(25)14-9-10-16(21)18(11-14)23(26)27)19(24)22-17-8-4-6-13-5-2-3-7-15(13)17/h2-3,5,7,9-12,17H,4,6,8H2,1H3,(H,22,24)/t12-,17+/m1/s1. The van der Waals surface area contributed by atoms with Crippen molar-refractivity contribution in [2.75, 3.05) is 0 Å². The van der Waals surface area contributed by atoms with E-state index in [2.05, 4.69) is 5.32 Å². The van der Waals surface area contributed by atoms with Crippen molar-refractivity contribution in [1.82, 2.24) is 5.32 Å². The number of esters is 1. The molecule has 0 radical (unpaired) electrons. The summed E-state index contributed by atoms with van der Waals surface area (Å²) in [6, 6.07) is 11.4. The highest BCUT2D eigenvalue weighted by Crippen LogP contribution is 2.29. The van der Waals surface area contributed by atoms with Crippen molar-refractivity contribution in [3.8, 4) is 0 Å². The van der Waals surface area contributed by atoms with Gasteiger partial charge in [0.05, 0.1) is 16.5 Å². The van der Waals surface area contributed by atoms with E-state index in [9.17, 15) is 19.7 Å². The van der Waals surface area contributed by atoms with E-state index < -0.39 is 28.6 Å². The molecule has 0 heterocycles. The number of ether oxygens (including phenoxy) is 1. The summed E-state index contributed by atoms with van der Waals surface area (Å²) in [6.07, 6.45) is 1.70. The van der Waals surface area contributed by atoms with Gasteiger partial charge in [-0.2, -0.15) is 0 Å². The van der Waals surface area contributed by atoms with Crippen molar-refractivity contribution in [2.45, 2.75) is 38.3 Å². The third-order valence-electron chi connectivity index (χ3n) is 4.72. The van der Waals surface area contributed by atoms with Gasteiger partial charge in [-0.05, 0) is 49.4 Å². The van der Waals surface area contributed by atoms with Crippen LogP contribution in [0.3, 0.4) is 0 Å². The van der Waals surface area contributed by atoms with E-state index in [1.165, 1.54) is 24.6 Å². The average molecular weight is 403 g/mol. The minimum Gasteiger partial charge on any atom is -0.449 e. The Labute approximate surface area is 166 Å². The maximum Gasteiger partial charge on any atom is 0.339 e. The van der Waals surface area contributed by atoms with Crippen LogP contribution in [-0.4, -0.2) is 22.9 Å². The molecule has 1 N–H and O–H groups in total. The number of fused-ring (bicyclic) bond motifs is 1. The summed E-state index contributed by atoms with van der Waals surface area (Å²) in [5.74, 6) is -1.25. The van der Waals surface area contributed by atoms with Crippen molar-refractivity contribution in [2.24, 2.45) is 0 Å². The topological polar surface area (TPSA) is 98.5 Å². The van der Waals surface area contributed by atoms with E-state index >= 15 is 0 Å². The Morgan fingerprint density at radius 3 is 2.79 bits per heavy atom. The van der Waals surface area contributed by atoms with Crippen LogP contribution in [0.15, 0.2) is 42.5 Å². The zero-order valence-electron chi connectivity index (χ0n) is 15.2. The first-order chi connectivity index (χ1) is 13.4. The number of hydrogen-bond acceptors (Lipinski definition) is 5. The maximum absolute atomic E-state index is 12.5. The van der Waals surface area contributed by atoms with Gasteiger partial charge in [0.25, 0.3) is 11.6 Å². The predicted octanol–water partition coefficient (Wildman–Crippen LogP) is 3.99. The minimum atomic E-state index is -1.05. The molecule has 146 valence electrons. The normalized spacial score (nSPS) is 16.6. The van der Waals surface area contributed by atoms with Gasteiger partial charge >= 0.3 is 5.97 Å². The molecule has 8 heteroatoms. The van der Waals surface area contributed by atoms with Gasteiger partial charge in [-0.25, -0.2) is 4.79 Å². The monoisotopic (exact) mass is 402 g/mol. The lowest BCUT2D eigenvalue weighted by atomic mass is 9.87. The highest BCUT2D eigenvalue weighted by molar-refractivity contribution is 6.32. The molecule has 7 nitrogen and oxygen atoms in total. The van der Waals surface area contributed by atoms with Crippen LogP contribution in [0.1, 0.15) is 47.3 Å². The fraction of sp³-hybridized carbons (Fsp3) is 0.300. The number of rotatable bonds is 5. The van der Waals surface area contributed by atoms with E-state index in [-0.39, 0.29) is 16.6 Å². The Bertz CT molecular complexity index is 931. The van der Waals surface area contributed by atoms with Crippen molar-refractivity contribution in [1.29, 1.82) is 0 Å². The number of amides is 1. The van der Waals surface area contributed by atoms with Crippen LogP contribution in [0, 0.1) is 10.1 Å².